The number of benzene rings is 1. The van der Waals surface area contributed by atoms with Gasteiger partial charge in [0.2, 0.25) is 5.91 Å². The van der Waals surface area contributed by atoms with Crippen molar-refractivity contribution >= 4 is 14.1 Å². The molecular formula is C20H31NO2Si. The lowest BCUT2D eigenvalue weighted by molar-refractivity contribution is -0.152. The van der Waals surface area contributed by atoms with Gasteiger partial charge in [0.1, 0.15) is 0 Å². The summed E-state index contributed by atoms with van der Waals surface area (Å²) in [5, 5.41) is 10.7. The Balaban J connectivity index is 2.07. The molecule has 1 heterocycles. The summed E-state index contributed by atoms with van der Waals surface area (Å²) in [4.78, 5) is 12.8. The van der Waals surface area contributed by atoms with Crippen LogP contribution in [0.4, 0.5) is 0 Å². The third kappa shape index (κ3) is 3.35. The lowest BCUT2D eigenvalue weighted by atomic mass is 9.83. The summed E-state index contributed by atoms with van der Waals surface area (Å²) in [5.74, 6) is -0.229. The number of nitrogens with zero attached hydrogens (tertiary/aromatic N) is 1. The summed E-state index contributed by atoms with van der Waals surface area (Å²) in [5.41, 5.74) is 1.19. The maximum absolute atomic E-state index is 12.8. The van der Waals surface area contributed by atoms with Crippen LogP contribution in [-0.2, 0) is 11.2 Å². The normalized spacial score (nSPS) is 22.9. The third-order valence-corrected chi connectivity index (χ3v) is 11.2. The molecule has 4 heteroatoms. The lowest BCUT2D eigenvalue weighted by Crippen LogP contribution is -2.74. The average molecular weight is 346 g/mol. The zero-order valence-corrected chi connectivity index (χ0v) is 16.6. The first-order chi connectivity index (χ1) is 11.1. The summed E-state index contributed by atoms with van der Waals surface area (Å²) in [6, 6.07) is 10.1. The van der Waals surface area contributed by atoms with Gasteiger partial charge in [0.15, 0.2) is 8.24 Å². The molecule has 132 valence electrons. The van der Waals surface area contributed by atoms with Crippen LogP contribution >= 0.6 is 0 Å². The number of carbonyl (C=O) groups is 1. The molecule has 1 aromatic carbocycles. The van der Waals surface area contributed by atoms with E-state index in [2.05, 4.69) is 52.6 Å². The molecule has 1 amide bonds. The number of aryl methyl sites for hydroxylation is 1. The lowest BCUT2D eigenvalue weighted by Gasteiger charge is -2.58. The van der Waals surface area contributed by atoms with Crippen LogP contribution in [0.25, 0.3) is 0 Å². The molecule has 0 bridgehead atoms. The van der Waals surface area contributed by atoms with E-state index in [4.69, 9.17) is 0 Å². The summed E-state index contributed by atoms with van der Waals surface area (Å²) < 4.78 is 2.04. The predicted octanol–water partition coefficient (Wildman–Crippen LogP) is 4.00. The zero-order chi connectivity index (χ0) is 18.1. The molecule has 3 nitrogen and oxygen atoms in total. The molecule has 0 radical (unpaired) electrons. The second kappa shape index (κ2) is 6.85. The van der Waals surface area contributed by atoms with E-state index >= 15 is 0 Å². The zero-order valence-electron chi connectivity index (χ0n) is 15.6. The number of aliphatic hydroxyl groups is 1. The Bertz CT molecular complexity index is 591. The smallest absolute Gasteiger partial charge is 0.223 e. The minimum absolute atomic E-state index is 0.0378. The standard InChI is InChI=1S/C20H31NO2Si/c1-7-16-18(17(22)14-13-15-11-9-8-10-12-15)19(23)21(16)24(5,6)20(2,3)4/h7-12,16-18,22H,1,13-14H2,2-6H3/t16-,17-,18+/m1/s1. The van der Waals surface area contributed by atoms with Crippen molar-refractivity contribution in [3.63, 3.8) is 0 Å². The van der Waals surface area contributed by atoms with Crippen LogP contribution < -0.4 is 0 Å². The molecule has 1 N–H and O–H groups in total. The van der Waals surface area contributed by atoms with Gasteiger partial charge in [-0.25, -0.2) is 0 Å². The highest BCUT2D eigenvalue weighted by Gasteiger charge is 2.57. The largest absolute Gasteiger partial charge is 0.392 e. The van der Waals surface area contributed by atoms with Crippen molar-refractivity contribution in [2.75, 3.05) is 0 Å². The van der Waals surface area contributed by atoms with Crippen molar-refractivity contribution < 1.29 is 9.90 Å². The Labute approximate surface area is 147 Å². The van der Waals surface area contributed by atoms with Gasteiger partial charge in [-0.05, 0) is 23.4 Å². The van der Waals surface area contributed by atoms with Gasteiger partial charge in [-0.15, -0.1) is 6.58 Å². The van der Waals surface area contributed by atoms with Crippen molar-refractivity contribution in [2.24, 2.45) is 5.92 Å². The van der Waals surface area contributed by atoms with Gasteiger partial charge >= 0.3 is 0 Å². The van der Waals surface area contributed by atoms with Crippen LogP contribution in [0.1, 0.15) is 32.8 Å². The molecule has 1 fully saturated rings. The van der Waals surface area contributed by atoms with Crippen molar-refractivity contribution in [1.82, 2.24) is 4.57 Å². The molecule has 1 aliphatic rings. The minimum Gasteiger partial charge on any atom is -0.392 e. The van der Waals surface area contributed by atoms with E-state index in [1.54, 1.807) is 0 Å². The monoisotopic (exact) mass is 345 g/mol. The van der Waals surface area contributed by atoms with Gasteiger partial charge in [0, 0.05) is 0 Å². The Kier molecular flexibility index (Phi) is 5.40. The number of β-lactam (4-membered cyclic amide) rings is 1. The van der Waals surface area contributed by atoms with Gasteiger partial charge in [0.05, 0.1) is 18.1 Å². The van der Waals surface area contributed by atoms with Crippen LogP contribution in [0.2, 0.25) is 18.1 Å². The molecule has 0 saturated carbocycles. The van der Waals surface area contributed by atoms with E-state index in [0.29, 0.717) is 6.42 Å². The highest BCUT2D eigenvalue weighted by Crippen LogP contribution is 2.46. The van der Waals surface area contributed by atoms with Gasteiger partial charge in [-0.3, -0.25) is 4.79 Å². The van der Waals surface area contributed by atoms with Crippen LogP contribution in [0.5, 0.6) is 0 Å². The minimum atomic E-state index is -1.94. The fourth-order valence-corrected chi connectivity index (χ4v) is 5.76. The highest BCUT2D eigenvalue weighted by molar-refractivity contribution is 6.80. The molecule has 0 spiro atoms. The molecule has 1 aliphatic heterocycles. The van der Waals surface area contributed by atoms with E-state index in [9.17, 15) is 9.90 Å². The molecule has 24 heavy (non-hydrogen) atoms. The SMILES string of the molecule is C=C[C@@H]1[C@@H]([C@H](O)CCc2ccccc2)C(=O)N1[Si](C)(C)C(C)(C)C. The quantitative estimate of drug-likeness (QED) is 0.481. The topological polar surface area (TPSA) is 40.5 Å². The van der Waals surface area contributed by atoms with Crippen LogP contribution in [0, 0.1) is 5.92 Å². The Morgan fingerprint density at radius 1 is 1.29 bits per heavy atom. The highest BCUT2D eigenvalue weighted by atomic mass is 28.3. The second-order valence-electron chi connectivity index (χ2n) is 8.36. The van der Waals surface area contributed by atoms with Gasteiger partial charge < -0.3 is 9.67 Å². The third-order valence-electron chi connectivity index (χ3n) is 5.85. The average Bonchev–Trinajstić information content (AvgIpc) is 2.50. The molecule has 0 aromatic heterocycles. The second-order valence-corrected chi connectivity index (χ2v) is 13.5. The molecule has 2 rings (SSSR count). The van der Waals surface area contributed by atoms with E-state index < -0.39 is 14.3 Å². The number of carbonyl (C=O) groups excluding carboxylic acids is 1. The van der Waals surface area contributed by atoms with Crippen molar-refractivity contribution in [3.8, 4) is 0 Å². The fourth-order valence-electron chi connectivity index (χ4n) is 3.32. The van der Waals surface area contributed by atoms with E-state index in [0.717, 1.165) is 6.42 Å². The molecule has 0 unspecified atom stereocenters. The summed E-state index contributed by atoms with van der Waals surface area (Å²) >= 11 is 0. The number of aliphatic hydroxyl groups excluding tert-OH is 1. The number of hydrogen-bond acceptors (Lipinski definition) is 2. The van der Waals surface area contributed by atoms with E-state index in [1.807, 2.05) is 28.8 Å². The van der Waals surface area contributed by atoms with Crippen molar-refractivity contribution in [2.45, 2.75) is 63.9 Å². The van der Waals surface area contributed by atoms with Crippen LogP contribution in [0.3, 0.4) is 0 Å². The van der Waals surface area contributed by atoms with Crippen LogP contribution in [-0.4, -0.2) is 36.0 Å². The fraction of sp³-hybridized carbons (Fsp3) is 0.550. The maximum Gasteiger partial charge on any atom is 0.223 e. The van der Waals surface area contributed by atoms with Gasteiger partial charge in [0.25, 0.3) is 0 Å². The number of rotatable bonds is 6. The van der Waals surface area contributed by atoms with E-state index in [1.165, 1.54) is 5.56 Å². The Morgan fingerprint density at radius 2 is 1.88 bits per heavy atom. The van der Waals surface area contributed by atoms with Gasteiger partial charge in [-0.1, -0.05) is 70.3 Å². The van der Waals surface area contributed by atoms with Crippen molar-refractivity contribution in [1.29, 1.82) is 0 Å². The maximum atomic E-state index is 12.8. The Hall–Kier alpha value is -1.39. The predicted molar refractivity (Wildman–Crippen MR) is 102 cm³/mol. The first-order valence-corrected chi connectivity index (χ1v) is 11.7. The first-order valence-electron chi connectivity index (χ1n) is 8.79. The molecule has 0 aliphatic carbocycles. The molecular weight excluding hydrogens is 314 g/mol. The number of amides is 1. The summed E-state index contributed by atoms with van der Waals surface area (Å²) in [6.07, 6.45) is 2.63. The number of hydrogen-bond donors (Lipinski definition) is 1. The first kappa shape index (κ1) is 18.9. The van der Waals surface area contributed by atoms with Gasteiger partial charge in [-0.2, -0.15) is 0 Å². The summed E-state index contributed by atoms with van der Waals surface area (Å²) in [6.45, 7) is 15.0. The van der Waals surface area contributed by atoms with Crippen LogP contribution in [0.15, 0.2) is 43.0 Å². The molecule has 1 aromatic rings. The van der Waals surface area contributed by atoms with Crippen molar-refractivity contribution in [3.05, 3.63) is 48.6 Å². The molecule has 3 atom stereocenters. The summed E-state index contributed by atoms with van der Waals surface area (Å²) in [7, 11) is -1.94. The van der Waals surface area contributed by atoms with E-state index in [-0.39, 0.29) is 22.9 Å². The Morgan fingerprint density at radius 3 is 2.38 bits per heavy atom. The molecule has 1 saturated heterocycles.